The molecule has 2 aliphatic carbocycles. The van der Waals surface area contributed by atoms with Gasteiger partial charge in [0.2, 0.25) is 0 Å². The van der Waals surface area contributed by atoms with Crippen LogP contribution in [0, 0.1) is 5.92 Å². The number of ether oxygens (including phenoxy) is 2. The molecule has 2 bridgehead atoms. The molecule has 1 N–H and O–H groups in total. The van der Waals surface area contributed by atoms with E-state index in [1.165, 1.54) is 11.1 Å². The Morgan fingerprint density at radius 3 is 2.75 bits per heavy atom. The number of rotatable bonds is 3. The average Bonchev–Trinajstić information content (AvgIpc) is 3.19. The molecule has 1 fully saturated rings. The number of likely N-dealkylation sites (N-methyl/N-ethyl adjacent to an activating group) is 1. The van der Waals surface area contributed by atoms with Gasteiger partial charge < -0.3 is 19.5 Å². The minimum Gasteiger partial charge on any atom is -0.481 e. The quantitative estimate of drug-likeness (QED) is 0.735. The average molecular weight is 434 g/mol. The number of piperidine rings is 1. The van der Waals surface area contributed by atoms with E-state index in [-0.39, 0.29) is 24.1 Å². The van der Waals surface area contributed by atoms with Crippen LogP contribution >= 0.6 is 0 Å². The fourth-order valence-corrected chi connectivity index (χ4v) is 6.35. The summed E-state index contributed by atoms with van der Waals surface area (Å²) in [6.45, 7) is 4.94. The number of benzene rings is 2. The highest BCUT2D eigenvalue weighted by atomic mass is 16.6. The number of aliphatic hydroxyl groups is 1. The second-order valence-corrected chi connectivity index (χ2v) is 8.99. The molecule has 4 atom stereocenters. The number of hydrogen-bond donors (Lipinski definition) is 1. The Kier molecular flexibility index (Phi) is 5.34. The topological polar surface area (TPSA) is 59.0 Å². The number of allylic oxidation sites excluding steroid dienone is 1. The van der Waals surface area contributed by atoms with E-state index >= 15 is 0 Å². The molecule has 0 radical (unpaired) electrons. The summed E-state index contributed by atoms with van der Waals surface area (Å²) in [4.78, 5) is 15.3. The second-order valence-electron chi connectivity index (χ2n) is 8.99. The monoisotopic (exact) mass is 433 g/mol. The van der Waals surface area contributed by atoms with E-state index in [9.17, 15) is 9.90 Å². The van der Waals surface area contributed by atoms with E-state index in [4.69, 9.17) is 9.47 Å². The molecule has 4 unspecified atom stereocenters. The smallest absolute Gasteiger partial charge is 0.343 e. The van der Waals surface area contributed by atoms with Crippen LogP contribution in [0.25, 0.3) is 0 Å². The predicted molar refractivity (Wildman–Crippen MR) is 123 cm³/mol. The van der Waals surface area contributed by atoms with E-state index in [2.05, 4.69) is 24.1 Å². The summed E-state index contributed by atoms with van der Waals surface area (Å²) in [5.41, 5.74) is 3.74. The van der Waals surface area contributed by atoms with E-state index in [1.807, 2.05) is 38.1 Å². The van der Waals surface area contributed by atoms with Crippen molar-refractivity contribution in [3.8, 4) is 5.75 Å². The van der Waals surface area contributed by atoms with Crippen molar-refractivity contribution in [2.75, 3.05) is 13.6 Å². The van der Waals surface area contributed by atoms with Crippen LogP contribution in [-0.4, -0.2) is 41.7 Å². The first-order valence-electron chi connectivity index (χ1n) is 11.7. The number of esters is 1. The summed E-state index contributed by atoms with van der Waals surface area (Å²) in [6, 6.07) is 13.7. The highest BCUT2D eigenvalue weighted by molar-refractivity contribution is 5.90. The van der Waals surface area contributed by atoms with Crippen molar-refractivity contribution in [1.82, 2.24) is 4.90 Å². The number of aliphatic hydroxyl groups excluding tert-OH is 1. The van der Waals surface area contributed by atoms with Gasteiger partial charge in [-0.25, -0.2) is 4.79 Å². The summed E-state index contributed by atoms with van der Waals surface area (Å²) < 4.78 is 12.5. The lowest BCUT2D eigenvalue weighted by molar-refractivity contribution is -0.0271. The van der Waals surface area contributed by atoms with Crippen molar-refractivity contribution in [2.24, 2.45) is 5.92 Å². The Morgan fingerprint density at radius 1 is 1.22 bits per heavy atom. The maximum Gasteiger partial charge on any atom is 0.343 e. The van der Waals surface area contributed by atoms with Crippen molar-refractivity contribution in [3.63, 3.8) is 0 Å². The Balaban J connectivity index is 0.00000105. The van der Waals surface area contributed by atoms with Gasteiger partial charge >= 0.3 is 5.97 Å². The molecule has 2 heterocycles. The van der Waals surface area contributed by atoms with Gasteiger partial charge in [-0.15, -0.1) is 0 Å². The number of hydrogen-bond acceptors (Lipinski definition) is 5. The number of carbonyl (C=O) groups excluding carboxylic acids is 1. The van der Waals surface area contributed by atoms with Crippen LogP contribution in [0.4, 0.5) is 0 Å². The number of carbonyl (C=O) groups is 1. The first-order valence-corrected chi connectivity index (χ1v) is 11.7. The highest BCUT2D eigenvalue weighted by Crippen LogP contribution is 2.62. The van der Waals surface area contributed by atoms with Gasteiger partial charge in [-0.3, -0.25) is 0 Å². The first-order chi connectivity index (χ1) is 15.6. The maximum atomic E-state index is 12.8. The molecular formula is C27H31NO4. The van der Waals surface area contributed by atoms with Crippen LogP contribution in [-0.2, 0) is 23.2 Å². The Morgan fingerprint density at radius 2 is 2.00 bits per heavy atom. The van der Waals surface area contributed by atoms with Crippen LogP contribution < -0.4 is 4.74 Å². The molecule has 2 aromatic carbocycles. The van der Waals surface area contributed by atoms with Crippen LogP contribution in [0.3, 0.4) is 0 Å². The molecule has 32 heavy (non-hydrogen) atoms. The largest absolute Gasteiger partial charge is 0.481 e. The third kappa shape index (κ3) is 2.87. The van der Waals surface area contributed by atoms with Crippen molar-refractivity contribution in [2.45, 2.75) is 57.3 Å². The summed E-state index contributed by atoms with van der Waals surface area (Å²) >= 11 is 0. The molecule has 5 nitrogen and oxygen atoms in total. The lowest BCUT2D eigenvalue weighted by Gasteiger charge is -2.56. The lowest BCUT2D eigenvalue weighted by Crippen LogP contribution is -2.63. The summed E-state index contributed by atoms with van der Waals surface area (Å²) in [7, 11) is 2.21. The fourth-order valence-electron chi connectivity index (χ4n) is 6.35. The van der Waals surface area contributed by atoms with Gasteiger partial charge in [0.1, 0.15) is 11.5 Å². The maximum absolute atomic E-state index is 12.8. The van der Waals surface area contributed by atoms with Crippen LogP contribution in [0.1, 0.15) is 53.7 Å². The van der Waals surface area contributed by atoms with E-state index < -0.39 is 0 Å². The Hall–Kier alpha value is -2.63. The number of likely N-dealkylation sites (tertiary alicyclic amines) is 1. The minimum atomic E-state index is -0.348. The fraction of sp³-hybridized carbons (Fsp3) is 0.444. The van der Waals surface area contributed by atoms with E-state index in [0.29, 0.717) is 23.3 Å². The predicted octanol–water partition coefficient (Wildman–Crippen LogP) is 4.22. The zero-order valence-electron chi connectivity index (χ0n) is 19.0. The molecular weight excluding hydrogens is 402 g/mol. The molecule has 2 aromatic rings. The Bertz CT molecular complexity index is 1060. The molecule has 5 heteroatoms. The molecule has 0 amide bonds. The van der Waals surface area contributed by atoms with Gasteiger partial charge in [0.05, 0.1) is 12.2 Å². The van der Waals surface area contributed by atoms with Crippen molar-refractivity contribution < 1.29 is 19.4 Å². The van der Waals surface area contributed by atoms with Gasteiger partial charge in [0, 0.05) is 22.6 Å². The normalized spacial score (nSPS) is 29.1. The van der Waals surface area contributed by atoms with Crippen LogP contribution in [0.2, 0.25) is 0 Å². The molecule has 6 rings (SSSR count). The van der Waals surface area contributed by atoms with Crippen molar-refractivity contribution in [3.05, 3.63) is 76.6 Å². The molecule has 2 aliphatic heterocycles. The summed E-state index contributed by atoms with van der Waals surface area (Å²) in [5.74, 6) is 1.51. The first kappa shape index (κ1) is 21.2. The molecule has 0 aromatic heterocycles. The third-order valence-electron chi connectivity index (χ3n) is 7.72. The van der Waals surface area contributed by atoms with Gasteiger partial charge in [0.25, 0.3) is 0 Å². The molecule has 168 valence electrons. The van der Waals surface area contributed by atoms with Gasteiger partial charge in [-0.2, -0.15) is 0 Å². The minimum absolute atomic E-state index is 0.0533. The van der Waals surface area contributed by atoms with Gasteiger partial charge in [0.15, 0.2) is 6.10 Å². The summed E-state index contributed by atoms with van der Waals surface area (Å²) in [6.07, 6.45) is 4.58. The third-order valence-corrected chi connectivity index (χ3v) is 7.72. The van der Waals surface area contributed by atoms with Crippen molar-refractivity contribution in [1.29, 1.82) is 0 Å². The Labute approximate surface area is 189 Å². The SMILES string of the molecule is CC.CN1CCC23c4c5ccc(CO)c4OC2C(OC(=O)c2ccccc2)=CCC3C1C5. The standard InChI is InChI=1S/C25H25NO4.C2H6/c1-26-12-11-25-18-9-10-20(29-24(28)15-5-3-2-4-6-15)23(25)30-22-17(14-27)8-7-16(21(22)25)13-19(18)26;1-2/h2-8,10,18-19,23,27H,9,11-14H2,1H3;1-2H3. The van der Waals surface area contributed by atoms with Gasteiger partial charge in [-0.05, 0) is 62.5 Å². The van der Waals surface area contributed by atoms with Crippen molar-refractivity contribution >= 4 is 5.97 Å². The molecule has 1 saturated heterocycles. The van der Waals surface area contributed by atoms with Crippen LogP contribution in [0.5, 0.6) is 5.75 Å². The van der Waals surface area contributed by atoms with Crippen LogP contribution in [0.15, 0.2) is 54.3 Å². The van der Waals surface area contributed by atoms with E-state index in [0.717, 1.165) is 37.1 Å². The highest BCUT2D eigenvalue weighted by Gasteiger charge is 2.64. The van der Waals surface area contributed by atoms with E-state index in [1.54, 1.807) is 12.1 Å². The summed E-state index contributed by atoms with van der Waals surface area (Å²) in [5, 5.41) is 9.95. The second kappa shape index (κ2) is 8.05. The molecule has 1 spiro atoms. The molecule has 0 saturated carbocycles. The molecule has 4 aliphatic rings. The zero-order chi connectivity index (χ0) is 22.5. The zero-order valence-corrected chi connectivity index (χ0v) is 19.0. The number of nitrogens with zero attached hydrogens (tertiary/aromatic N) is 1. The lowest BCUT2D eigenvalue weighted by atomic mass is 9.53. The van der Waals surface area contributed by atoms with Gasteiger partial charge in [-0.1, -0.05) is 44.2 Å².